The van der Waals surface area contributed by atoms with Crippen LogP contribution in [0.5, 0.6) is 0 Å². The van der Waals surface area contributed by atoms with Crippen molar-refractivity contribution in [2.75, 3.05) is 0 Å². The predicted octanol–water partition coefficient (Wildman–Crippen LogP) is 4.98. The first kappa shape index (κ1) is 17.0. The van der Waals surface area contributed by atoms with E-state index in [2.05, 4.69) is 35.6 Å². The second kappa shape index (κ2) is 6.35. The van der Waals surface area contributed by atoms with Crippen LogP contribution in [0.4, 0.5) is 0 Å². The van der Waals surface area contributed by atoms with Crippen LogP contribution in [0, 0.1) is 17.8 Å². The number of hydrogen-bond donors (Lipinski definition) is 2. The molecular formula is C21H28ClN3. The maximum atomic E-state index is 4.89. The SMILES string of the molecule is CCC1=CC(=CNC23CC4CC(CC(C4)C2)C3)N=C1c1ccc[nH]1.Cl. The third-order valence-electron chi connectivity index (χ3n) is 6.67. The second-order valence-electron chi connectivity index (χ2n) is 8.48. The molecule has 2 heterocycles. The molecule has 0 radical (unpaired) electrons. The van der Waals surface area contributed by atoms with Crippen molar-refractivity contribution >= 4 is 18.1 Å². The van der Waals surface area contributed by atoms with E-state index in [4.69, 9.17) is 4.99 Å². The third-order valence-corrected chi connectivity index (χ3v) is 6.67. The molecule has 0 saturated heterocycles. The zero-order valence-corrected chi connectivity index (χ0v) is 15.7. The zero-order chi connectivity index (χ0) is 16.1. The van der Waals surface area contributed by atoms with Crippen molar-refractivity contribution in [2.24, 2.45) is 22.7 Å². The Labute approximate surface area is 156 Å². The van der Waals surface area contributed by atoms with Crippen LogP contribution in [0.3, 0.4) is 0 Å². The number of aromatic amines is 1. The zero-order valence-electron chi connectivity index (χ0n) is 14.9. The molecule has 6 rings (SSSR count). The van der Waals surface area contributed by atoms with E-state index in [0.717, 1.165) is 41.3 Å². The molecule has 4 heteroatoms. The summed E-state index contributed by atoms with van der Waals surface area (Å²) in [5.74, 6) is 2.93. The molecule has 1 aromatic heterocycles. The van der Waals surface area contributed by atoms with E-state index in [0.29, 0.717) is 5.54 Å². The predicted molar refractivity (Wildman–Crippen MR) is 105 cm³/mol. The third kappa shape index (κ3) is 2.97. The molecule has 2 N–H and O–H groups in total. The largest absolute Gasteiger partial charge is 0.384 e. The summed E-state index contributed by atoms with van der Waals surface area (Å²) in [6, 6.07) is 4.15. The van der Waals surface area contributed by atoms with Crippen LogP contribution in [-0.2, 0) is 0 Å². The van der Waals surface area contributed by atoms with E-state index in [1.807, 2.05) is 12.3 Å². The van der Waals surface area contributed by atoms with E-state index in [1.165, 1.54) is 44.1 Å². The lowest BCUT2D eigenvalue weighted by Crippen LogP contribution is -2.56. The lowest BCUT2D eigenvalue weighted by atomic mass is 9.53. The Kier molecular flexibility index (Phi) is 4.31. The van der Waals surface area contributed by atoms with E-state index >= 15 is 0 Å². The van der Waals surface area contributed by atoms with Gasteiger partial charge < -0.3 is 10.3 Å². The van der Waals surface area contributed by atoms with Gasteiger partial charge in [0.25, 0.3) is 0 Å². The van der Waals surface area contributed by atoms with E-state index in [1.54, 1.807) is 0 Å². The fraction of sp³-hybridized carbons (Fsp3) is 0.571. The van der Waals surface area contributed by atoms with Gasteiger partial charge in [-0.25, -0.2) is 4.99 Å². The fourth-order valence-electron chi connectivity index (χ4n) is 6.05. The van der Waals surface area contributed by atoms with E-state index < -0.39 is 0 Å². The molecule has 5 aliphatic rings. The van der Waals surface area contributed by atoms with Crippen molar-refractivity contribution in [3.63, 3.8) is 0 Å². The van der Waals surface area contributed by atoms with Gasteiger partial charge in [-0.05, 0) is 86.5 Å². The van der Waals surface area contributed by atoms with Gasteiger partial charge in [-0.1, -0.05) is 6.92 Å². The number of nitrogens with zero attached hydrogens (tertiary/aromatic N) is 1. The smallest absolute Gasteiger partial charge is 0.0904 e. The molecule has 25 heavy (non-hydrogen) atoms. The summed E-state index contributed by atoms with van der Waals surface area (Å²) < 4.78 is 0. The maximum Gasteiger partial charge on any atom is 0.0904 e. The van der Waals surface area contributed by atoms with Gasteiger partial charge in [0, 0.05) is 17.9 Å². The lowest BCUT2D eigenvalue weighted by Gasteiger charge is -2.56. The number of halogens is 1. The van der Waals surface area contributed by atoms with Gasteiger partial charge in [0.15, 0.2) is 0 Å². The van der Waals surface area contributed by atoms with Crippen LogP contribution < -0.4 is 5.32 Å². The molecule has 134 valence electrons. The first-order valence-corrected chi connectivity index (χ1v) is 9.64. The number of aliphatic imine (C=N–C) groups is 1. The Hall–Kier alpha value is -1.48. The molecule has 3 nitrogen and oxygen atoms in total. The molecule has 0 spiro atoms. The fourth-order valence-corrected chi connectivity index (χ4v) is 6.05. The summed E-state index contributed by atoms with van der Waals surface area (Å²) in [5, 5.41) is 3.86. The van der Waals surface area contributed by atoms with Crippen LogP contribution >= 0.6 is 12.4 Å². The van der Waals surface area contributed by atoms with Crippen LogP contribution in [-0.4, -0.2) is 16.2 Å². The average Bonchev–Trinajstić information content (AvgIpc) is 3.21. The summed E-state index contributed by atoms with van der Waals surface area (Å²) in [6.07, 6.45) is 16.1. The molecule has 4 aliphatic carbocycles. The Balaban J connectivity index is 0.00000157. The highest BCUT2D eigenvalue weighted by atomic mass is 35.5. The number of hydrogen-bond acceptors (Lipinski definition) is 2. The van der Waals surface area contributed by atoms with E-state index in [-0.39, 0.29) is 12.4 Å². The van der Waals surface area contributed by atoms with Crippen molar-refractivity contribution in [3.8, 4) is 0 Å². The molecule has 0 atom stereocenters. The van der Waals surface area contributed by atoms with Gasteiger partial charge in [0.1, 0.15) is 0 Å². The standard InChI is InChI=1S/C21H27N3.ClH/c1-2-17-9-18(24-20(17)19-4-3-5-22-19)13-23-21-10-14-6-15(11-21)8-16(7-14)12-21;/h3-5,9,13-16,22-23H,2,6-8,10-12H2,1H3;1H. The minimum atomic E-state index is 0. The van der Waals surface area contributed by atoms with Crippen molar-refractivity contribution in [1.29, 1.82) is 0 Å². The summed E-state index contributed by atoms with van der Waals surface area (Å²) in [6.45, 7) is 2.21. The number of allylic oxidation sites excluding steroid dienone is 2. The molecule has 0 unspecified atom stereocenters. The molecule has 4 saturated carbocycles. The molecule has 1 aliphatic heterocycles. The Bertz CT molecular complexity index is 691. The number of aromatic nitrogens is 1. The van der Waals surface area contributed by atoms with Crippen molar-refractivity contribution < 1.29 is 0 Å². The highest BCUT2D eigenvalue weighted by Gasteiger charge is 2.50. The van der Waals surface area contributed by atoms with E-state index in [9.17, 15) is 0 Å². The molecular weight excluding hydrogens is 330 g/mol. The quantitative estimate of drug-likeness (QED) is 0.784. The Morgan fingerprint density at radius 2 is 1.88 bits per heavy atom. The minimum absolute atomic E-state index is 0. The number of rotatable bonds is 4. The van der Waals surface area contributed by atoms with Gasteiger partial charge in [-0.2, -0.15) is 0 Å². The topological polar surface area (TPSA) is 40.2 Å². The molecule has 0 aromatic carbocycles. The summed E-state index contributed by atoms with van der Waals surface area (Å²) in [5.41, 5.74) is 5.03. The first-order valence-electron chi connectivity index (χ1n) is 9.64. The average molecular weight is 358 g/mol. The van der Waals surface area contributed by atoms with Crippen LogP contribution in [0.15, 0.2) is 46.9 Å². The normalized spacial score (nSPS) is 37.0. The van der Waals surface area contributed by atoms with Crippen molar-refractivity contribution in [1.82, 2.24) is 10.3 Å². The highest BCUT2D eigenvalue weighted by Crippen LogP contribution is 2.55. The molecule has 1 aromatic rings. The number of nitrogens with one attached hydrogen (secondary N) is 2. The summed E-state index contributed by atoms with van der Waals surface area (Å²) in [7, 11) is 0. The Morgan fingerprint density at radius 3 is 2.44 bits per heavy atom. The monoisotopic (exact) mass is 357 g/mol. The van der Waals surface area contributed by atoms with Crippen molar-refractivity contribution in [2.45, 2.75) is 57.4 Å². The maximum absolute atomic E-state index is 4.89. The first-order chi connectivity index (χ1) is 11.7. The van der Waals surface area contributed by atoms with Gasteiger partial charge in [-0.3, -0.25) is 0 Å². The summed E-state index contributed by atoms with van der Waals surface area (Å²) >= 11 is 0. The summed E-state index contributed by atoms with van der Waals surface area (Å²) in [4.78, 5) is 8.19. The Morgan fingerprint density at radius 1 is 1.20 bits per heavy atom. The lowest BCUT2D eigenvalue weighted by molar-refractivity contribution is -0.0130. The molecule has 4 fully saturated rings. The molecule has 4 bridgehead atoms. The number of H-pyrrole nitrogens is 1. The second-order valence-corrected chi connectivity index (χ2v) is 8.48. The van der Waals surface area contributed by atoms with Gasteiger partial charge in [0.05, 0.1) is 17.1 Å². The minimum Gasteiger partial charge on any atom is -0.384 e. The van der Waals surface area contributed by atoms with Crippen LogP contribution in [0.1, 0.15) is 57.6 Å². The van der Waals surface area contributed by atoms with Gasteiger partial charge in [0.2, 0.25) is 0 Å². The van der Waals surface area contributed by atoms with Gasteiger partial charge >= 0.3 is 0 Å². The highest BCUT2D eigenvalue weighted by molar-refractivity contribution is 6.14. The van der Waals surface area contributed by atoms with Crippen LogP contribution in [0.2, 0.25) is 0 Å². The van der Waals surface area contributed by atoms with Crippen LogP contribution in [0.25, 0.3) is 0 Å². The molecule has 0 amide bonds. The van der Waals surface area contributed by atoms with Crippen molar-refractivity contribution in [3.05, 3.63) is 47.6 Å². The van der Waals surface area contributed by atoms with Gasteiger partial charge in [-0.15, -0.1) is 12.4 Å².